The molecule has 5 rings (SSSR count). The molecule has 7 atom stereocenters. The van der Waals surface area contributed by atoms with Crippen LogP contribution in [0.1, 0.15) is 55.3 Å². The first-order valence-corrected chi connectivity index (χ1v) is 16.3. The molecule has 1 spiro atoms. The number of aryl methyl sites for hydroxylation is 2. The molecule has 3 aliphatic heterocycles. The summed E-state index contributed by atoms with van der Waals surface area (Å²) in [4.78, 5) is 58.7. The molecule has 2 bridgehead atoms. The standard InChI is InChI=1S/C37H45N3O7/c1-6-8-14-30(42)46-22-27(26-12-10-9-11-13-26)38-34(43)31-29-17-18-37(47-29)32(31)35(44)40(25(5)21-41)33(37)36(45)39(19-7-2)28-20-23(3)15-16-24(28)4/h6-7,9-13,15-16,20,25,27,29,31-33,41H,1-2,8,14,17-19,21-22H2,3-5H3,(H,38,43)/t25-,27-,29-,31+,32+,33-,37+/m1/s1. The topological polar surface area (TPSA) is 125 Å². The van der Waals surface area contributed by atoms with Gasteiger partial charge in [0.2, 0.25) is 11.8 Å². The Hall–Kier alpha value is -4.28. The maximum absolute atomic E-state index is 14.7. The molecule has 0 saturated carbocycles. The Morgan fingerprint density at radius 1 is 1.17 bits per heavy atom. The molecule has 2 N–H and O–H groups in total. The minimum absolute atomic E-state index is 0.0884. The zero-order valence-corrected chi connectivity index (χ0v) is 27.4. The molecule has 2 aromatic rings. The smallest absolute Gasteiger partial charge is 0.306 e. The van der Waals surface area contributed by atoms with Crippen molar-refractivity contribution in [1.82, 2.24) is 10.2 Å². The molecule has 2 aromatic carbocycles. The number of benzene rings is 2. The van der Waals surface area contributed by atoms with Crippen LogP contribution in [-0.2, 0) is 28.7 Å². The van der Waals surface area contributed by atoms with Crippen LogP contribution in [0.15, 0.2) is 73.8 Å². The molecule has 10 nitrogen and oxygen atoms in total. The highest BCUT2D eigenvalue weighted by Crippen LogP contribution is 2.59. The van der Waals surface area contributed by atoms with Gasteiger partial charge in [-0.15, -0.1) is 13.2 Å². The number of hydrogen-bond acceptors (Lipinski definition) is 7. The van der Waals surface area contributed by atoms with Gasteiger partial charge in [-0.2, -0.15) is 0 Å². The van der Waals surface area contributed by atoms with Gasteiger partial charge in [-0.25, -0.2) is 0 Å². The van der Waals surface area contributed by atoms with Crippen LogP contribution < -0.4 is 10.2 Å². The predicted molar refractivity (Wildman–Crippen MR) is 177 cm³/mol. The zero-order valence-electron chi connectivity index (χ0n) is 27.4. The van der Waals surface area contributed by atoms with Crippen LogP contribution in [0.25, 0.3) is 0 Å². The van der Waals surface area contributed by atoms with Crippen LogP contribution in [0.3, 0.4) is 0 Å². The van der Waals surface area contributed by atoms with Crippen LogP contribution in [-0.4, -0.2) is 77.2 Å². The first-order chi connectivity index (χ1) is 22.6. The minimum Gasteiger partial charge on any atom is -0.463 e. The lowest BCUT2D eigenvalue weighted by Gasteiger charge is -2.38. The average Bonchev–Trinajstić information content (AvgIpc) is 3.72. The summed E-state index contributed by atoms with van der Waals surface area (Å²) in [5, 5.41) is 13.3. The molecule has 47 heavy (non-hydrogen) atoms. The highest BCUT2D eigenvalue weighted by molar-refractivity contribution is 6.05. The maximum atomic E-state index is 14.7. The van der Waals surface area contributed by atoms with Crippen molar-refractivity contribution in [2.45, 2.75) is 76.3 Å². The van der Waals surface area contributed by atoms with Gasteiger partial charge in [0.05, 0.1) is 36.6 Å². The highest BCUT2D eigenvalue weighted by Gasteiger charge is 2.75. The van der Waals surface area contributed by atoms with E-state index in [1.807, 2.05) is 62.4 Å². The summed E-state index contributed by atoms with van der Waals surface area (Å²) in [5.41, 5.74) is 2.05. The van der Waals surface area contributed by atoms with Crippen LogP contribution in [0, 0.1) is 25.7 Å². The molecule has 0 aromatic heterocycles. The first kappa shape index (κ1) is 34.1. The van der Waals surface area contributed by atoms with E-state index in [0.29, 0.717) is 24.9 Å². The Bertz CT molecular complexity index is 1530. The van der Waals surface area contributed by atoms with Crippen LogP contribution in [0.2, 0.25) is 0 Å². The maximum Gasteiger partial charge on any atom is 0.306 e. The molecule has 10 heteroatoms. The second-order valence-electron chi connectivity index (χ2n) is 12.8. The SMILES string of the molecule is C=CCCC(=O)OC[C@@H](NC(=O)[C@@H]1[C@H]2C(=O)N([C@H](C)CO)[C@H](C(=O)N(CC=C)c3cc(C)ccc3C)[C@]23CC[C@H]1O3)c1ccccc1. The van der Waals surface area contributed by atoms with Crippen molar-refractivity contribution in [3.05, 3.63) is 90.5 Å². The number of nitrogens with one attached hydrogen (secondary N) is 1. The van der Waals surface area contributed by atoms with Crippen LogP contribution in [0.4, 0.5) is 5.69 Å². The third-order valence-electron chi connectivity index (χ3n) is 9.73. The lowest BCUT2D eigenvalue weighted by atomic mass is 9.70. The molecule has 3 aliphatic rings. The Labute approximate surface area is 276 Å². The summed E-state index contributed by atoms with van der Waals surface area (Å²) in [6.07, 6.45) is 4.26. The van der Waals surface area contributed by atoms with Gasteiger partial charge in [0.15, 0.2) is 0 Å². The third kappa shape index (κ3) is 6.36. The minimum atomic E-state index is -1.25. The molecule has 250 valence electrons. The number of nitrogens with zero attached hydrogens (tertiary/aromatic N) is 2. The summed E-state index contributed by atoms with van der Waals surface area (Å²) < 4.78 is 12.1. The molecule has 3 amide bonds. The number of hydrogen-bond donors (Lipinski definition) is 2. The number of rotatable bonds is 14. The number of carbonyl (C=O) groups excluding carboxylic acids is 4. The lowest BCUT2D eigenvalue weighted by molar-refractivity contribution is -0.146. The molecular formula is C37H45N3O7. The van der Waals surface area contributed by atoms with E-state index in [2.05, 4.69) is 18.5 Å². The Kier molecular flexibility index (Phi) is 10.3. The summed E-state index contributed by atoms with van der Waals surface area (Å²) in [6, 6.07) is 12.6. The van der Waals surface area contributed by atoms with Crippen LogP contribution >= 0.6 is 0 Å². The first-order valence-electron chi connectivity index (χ1n) is 16.3. The number of esters is 1. The summed E-state index contributed by atoms with van der Waals surface area (Å²) in [6.45, 7) is 12.8. The van der Waals surface area contributed by atoms with Crippen molar-refractivity contribution in [1.29, 1.82) is 0 Å². The summed E-state index contributed by atoms with van der Waals surface area (Å²) in [5.74, 6) is -3.35. The number of anilines is 1. The number of ether oxygens (including phenoxy) is 2. The largest absolute Gasteiger partial charge is 0.463 e. The summed E-state index contributed by atoms with van der Waals surface area (Å²) in [7, 11) is 0. The van der Waals surface area contributed by atoms with E-state index in [9.17, 15) is 24.3 Å². The van der Waals surface area contributed by atoms with Gasteiger partial charge in [-0.05, 0) is 62.8 Å². The molecule has 0 aliphatic carbocycles. The van der Waals surface area contributed by atoms with Crippen molar-refractivity contribution in [2.24, 2.45) is 11.8 Å². The van der Waals surface area contributed by atoms with E-state index >= 15 is 0 Å². The van der Waals surface area contributed by atoms with Gasteiger partial charge in [0.1, 0.15) is 18.2 Å². The number of fused-ring (bicyclic) bond motifs is 1. The number of amides is 3. The predicted octanol–water partition coefficient (Wildman–Crippen LogP) is 3.94. The fourth-order valence-corrected chi connectivity index (χ4v) is 7.47. The normalized spacial score (nSPS) is 25.5. The number of aliphatic hydroxyl groups is 1. The number of likely N-dealkylation sites (tertiary alicyclic amines) is 1. The Morgan fingerprint density at radius 2 is 1.91 bits per heavy atom. The monoisotopic (exact) mass is 643 g/mol. The van der Waals surface area contributed by atoms with Crippen molar-refractivity contribution in [3.8, 4) is 0 Å². The number of aliphatic hydroxyl groups excluding tert-OH is 1. The zero-order chi connectivity index (χ0) is 33.9. The number of carbonyl (C=O) groups is 4. The van der Waals surface area contributed by atoms with E-state index in [-0.39, 0.29) is 38.0 Å². The average molecular weight is 644 g/mol. The molecule has 3 saturated heterocycles. The van der Waals surface area contributed by atoms with E-state index < -0.39 is 53.5 Å². The van der Waals surface area contributed by atoms with Gasteiger partial charge < -0.3 is 29.7 Å². The van der Waals surface area contributed by atoms with Crippen molar-refractivity contribution >= 4 is 29.4 Å². The number of allylic oxidation sites excluding steroid dienone is 1. The highest BCUT2D eigenvalue weighted by atomic mass is 16.5. The van der Waals surface area contributed by atoms with E-state index in [4.69, 9.17) is 9.47 Å². The molecular weight excluding hydrogens is 598 g/mol. The van der Waals surface area contributed by atoms with E-state index in [1.54, 1.807) is 24.0 Å². The van der Waals surface area contributed by atoms with Gasteiger partial charge in [-0.1, -0.05) is 54.6 Å². The Balaban J connectivity index is 1.48. The fourth-order valence-electron chi connectivity index (χ4n) is 7.47. The third-order valence-corrected chi connectivity index (χ3v) is 9.73. The van der Waals surface area contributed by atoms with Crippen LogP contribution in [0.5, 0.6) is 0 Å². The van der Waals surface area contributed by atoms with Crippen molar-refractivity contribution in [3.63, 3.8) is 0 Å². The van der Waals surface area contributed by atoms with Gasteiger partial charge in [-0.3, -0.25) is 19.2 Å². The molecule has 0 radical (unpaired) electrons. The van der Waals surface area contributed by atoms with Gasteiger partial charge >= 0.3 is 5.97 Å². The second-order valence-corrected chi connectivity index (χ2v) is 12.8. The summed E-state index contributed by atoms with van der Waals surface area (Å²) >= 11 is 0. The fraction of sp³-hybridized carbons (Fsp3) is 0.459. The Morgan fingerprint density at radius 3 is 2.60 bits per heavy atom. The van der Waals surface area contributed by atoms with E-state index in [0.717, 1.165) is 16.7 Å². The second kappa shape index (κ2) is 14.2. The lowest BCUT2D eigenvalue weighted by Crippen LogP contribution is -2.58. The van der Waals surface area contributed by atoms with E-state index in [1.165, 1.54) is 4.90 Å². The molecule has 0 unspecified atom stereocenters. The quantitative estimate of drug-likeness (QED) is 0.236. The molecule has 3 fully saturated rings. The van der Waals surface area contributed by atoms with Gasteiger partial charge in [0, 0.05) is 18.7 Å². The van der Waals surface area contributed by atoms with Crippen molar-refractivity contribution < 1.29 is 33.8 Å². The molecule has 3 heterocycles. The van der Waals surface area contributed by atoms with Crippen molar-refractivity contribution in [2.75, 3.05) is 24.7 Å². The van der Waals surface area contributed by atoms with Gasteiger partial charge in [0.25, 0.3) is 5.91 Å².